The van der Waals surface area contributed by atoms with Gasteiger partial charge in [-0.3, -0.25) is 4.99 Å². The van der Waals surface area contributed by atoms with Crippen LogP contribution in [-0.4, -0.2) is 32.9 Å². The van der Waals surface area contributed by atoms with Crippen molar-refractivity contribution in [3.63, 3.8) is 0 Å². The van der Waals surface area contributed by atoms with E-state index < -0.39 is 0 Å². The van der Waals surface area contributed by atoms with Crippen molar-refractivity contribution < 1.29 is 9.47 Å². The number of hydrogen-bond acceptors (Lipinski definition) is 3. The molecule has 1 heterocycles. The van der Waals surface area contributed by atoms with E-state index in [1.807, 2.05) is 13.1 Å². The average molecular weight is 457 g/mol. The van der Waals surface area contributed by atoms with E-state index in [1.165, 1.54) is 31.2 Å². The first-order chi connectivity index (χ1) is 11.8. The third kappa shape index (κ3) is 6.09. The molecule has 2 aliphatic rings. The summed E-state index contributed by atoms with van der Waals surface area (Å²) in [5, 5.41) is 6.77. The van der Waals surface area contributed by atoms with Gasteiger partial charge >= 0.3 is 0 Å². The van der Waals surface area contributed by atoms with Crippen molar-refractivity contribution in [3.8, 4) is 11.5 Å². The molecular weight excluding hydrogens is 429 g/mol. The zero-order valence-electron chi connectivity index (χ0n) is 14.8. The van der Waals surface area contributed by atoms with E-state index in [0.717, 1.165) is 43.4 Å². The SMILES string of the molecule is CN=C(NCCC1=CCCCC1)NCCc1ccc2c(c1)OCO2.I. The van der Waals surface area contributed by atoms with Crippen LogP contribution in [0.15, 0.2) is 34.8 Å². The molecule has 0 spiro atoms. The van der Waals surface area contributed by atoms with Crippen molar-refractivity contribution in [2.45, 2.75) is 38.5 Å². The van der Waals surface area contributed by atoms with Crippen molar-refractivity contribution in [1.29, 1.82) is 0 Å². The second-order valence-electron chi connectivity index (χ2n) is 6.22. The molecule has 0 bridgehead atoms. The number of hydrogen-bond donors (Lipinski definition) is 2. The number of aliphatic imine (C=N–C) groups is 1. The van der Waals surface area contributed by atoms with Crippen LogP contribution in [0.1, 0.15) is 37.7 Å². The van der Waals surface area contributed by atoms with E-state index in [4.69, 9.17) is 9.47 Å². The van der Waals surface area contributed by atoms with E-state index in [1.54, 1.807) is 5.57 Å². The summed E-state index contributed by atoms with van der Waals surface area (Å²) in [7, 11) is 1.82. The number of nitrogens with zero attached hydrogens (tertiary/aromatic N) is 1. The number of guanidine groups is 1. The lowest BCUT2D eigenvalue weighted by Crippen LogP contribution is -2.38. The van der Waals surface area contributed by atoms with Gasteiger partial charge in [-0.15, -0.1) is 24.0 Å². The quantitative estimate of drug-likeness (QED) is 0.297. The van der Waals surface area contributed by atoms with Crippen molar-refractivity contribution >= 4 is 29.9 Å². The van der Waals surface area contributed by atoms with Gasteiger partial charge < -0.3 is 20.1 Å². The van der Waals surface area contributed by atoms with Crippen molar-refractivity contribution in [2.24, 2.45) is 4.99 Å². The molecule has 3 rings (SSSR count). The Labute approximate surface area is 167 Å². The van der Waals surface area contributed by atoms with E-state index in [9.17, 15) is 0 Å². The molecule has 0 fully saturated rings. The standard InChI is InChI=1S/C19H27N3O2.HI/c1-20-19(21-11-9-15-5-3-2-4-6-15)22-12-10-16-7-8-17-18(13-16)24-14-23-17;/h5,7-8,13H,2-4,6,9-12,14H2,1H3,(H2,20,21,22);1H. The molecule has 1 aliphatic heterocycles. The van der Waals surface area contributed by atoms with Gasteiger partial charge in [0.05, 0.1) is 0 Å². The molecule has 1 aliphatic carbocycles. The number of rotatable bonds is 6. The molecule has 138 valence electrons. The molecule has 0 atom stereocenters. The largest absolute Gasteiger partial charge is 0.454 e. The lowest BCUT2D eigenvalue weighted by Gasteiger charge is -2.15. The molecule has 1 aromatic carbocycles. The number of nitrogens with one attached hydrogen (secondary N) is 2. The zero-order chi connectivity index (χ0) is 16.6. The minimum absolute atomic E-state index is 0. The summed E-state index contributed by atoms with van der Waals surface area (Å²) in [4.78, 5) is 4.29. The fourth-order valence-corrected chi connectivity index (χ4v) is 3.12. The van der Waals surface area contributed by atoms with Gasteiger partial charge in [0.1, 0.15) is 0 Å². The summed E-state index contributed by atoms with van der Waals surface area (Å²) < 4.78 is 10.8. The number of ether oxygens (including phenoxy) is 2. The Kier molecular flexibility index (Phi) is 8.37. The Balaban J connectivity index is 0.00000225. The summed E-state index contributed by atoms with van der Waals surface area (Å²) in [5.41, 5.74) is 2.82. The monoisotopic (exact) mass is 457 g/mol. The van der Waals surface area contributed by atoms with Crippen LogP contribution in [0.25, 0.3) is 0 Å². The van der Waals surface area contributed by atoms with Crippen LogP contribution in [-0.2, 0) is 6.42 Å². The van der Waals surface area contributed by atoms with Crippen LogP contribution in [0.3, 0.4) is 0 Å². The van der Waals surface area contributed by atoms with Gasteiger partial charge in [-0.25, -0.2) is 0 Å². The van der Waals surface area contributed by atoms with Crippen molar-refractivity contribution in [1.82, 2.24) is 10.6 Å². The van der Waals surface area contributed by atoms with E-state index in [-0.39, 0.29) is 24.0 Å². The van der Waals surface area contributed by atoms with Gasteiger partial charge in [-0.05, 0) is 56.2 Å². The lowest BCUT2D eigenvalue weighted by atomic mass is 9.97. The molecule has 0 unspecified atom stereocenters. The first-order valence-electron chi connectivity index (χ1n) is 8.86. The minimum Gasteiger partial charge on any atom is -0.454 e. The lowest BCUT2D eigenvalue weighted by molar-refractivity contribution is 0.174. The van der Waals surface area contributed by atoms with E-state index >= 15 is 0 Å². The second-order valence-corrected chi connectivity index (χ2v) is 6.22. The first kappa shape index (κ1) is 19.9. The molecular formula is C19H28IN3O2. The van der Waals surface area contributed by atoms with Crippen LogP contribution in [0.5, 0.6) is 11.5 Å². The summed E-state index contributed by atoms with van der Waals surface area (Å²) in [6.07, 6.45) is 9.64. The molecule has 0 amide bonds. The molecule has 0 aromatic heterocycles. The van der Waals surface area contributed by atoms with Crippen LogP contribution in [0, 0.1) is 0 Å². The number of allylic oxidation sites excluding steroid dienone is 1. The molecule has 0 radical (unpaired) electrons. The average Bonchev–Trinajstić information content (AvgIpc) is 3.09. The Bertz CT molecular complexity index is 617. The van der Waals surface area contributed by atoms with Crippen LogP contribution in [0.4, 0.5) is 0 Å². The topological polar surface area (TPSA) is 54.9 Å². The number of benzene rings is 1. The van der Waals surface area contributed by atoms with Crippen LogP contribution in [0.2, 0.25) is 0 Å². The molecule has 6 heteroatoms. The fraction of sp³-hybridized carbons (Fsp3) is 0.526. The Morgan fingerprint density at radius 2 is 1.88 bits per heavy atom. The summed E-state index contributed by atoms with van der Waals surface area (Å²) in [6.45, 7) is 2.10. The van der Waals surface area contributed by atoms with Crippen LogP contribution < -0.4 is 20.1 Å². The van der Waals surface area contributed by atoms with Gasteiger partial charge in [-0.1, -0.05) is 17.7 Å². The molecule has 0 saturated heterocycles. The minimum atomic E-state index is 0. The highest BCUT2D eigenvalue weighted by atomic mass is 127. The van der Waals surface area contributed by atoms with Gasteiger partial charge in [-0.2, -0.15) is 0 Å². The van der Waals surface area contributed by atoms with Gasteiger partial charge in [0.15, 0.2) is 17.5 Å². The highest BCUT2D eigenvalue weighted by Crippen LogP contribution is 2.32. The second kappa shape index (κ2) is 10.5. The summed E-state index contributed by atoms with van der Waals surface area (Å²) in [6, 6.07) is 6.11. The normalized spacial score (nSPS) is 16.0. The summed E-state index contributed by atoms with van der Waals surface area (Å²) >= 11 is 0. The smallest absolute Gasteiger partial charge is 0.231 e. The van der Waals surface area contributed by atoms with E-state index in [2.05, 4.69) is 33.8 Å². The molecule has 5 nitrogen and oxygen atoms in total. The molecule has 25 heavy (non-hydrogen) atoms. The molecule has 1 aromatic rings. The number of halogens is 1. The van der Waals surface area contributed by atoms with Gasteiger partial charge in [0.2, 0.25) is 6.79 Å². The Morgan fingerprint density at radius 3 is 2.64 bits per heavy atom. The Morgan fingerprint density at radius 1 is 1.08 bits per heavy atom. The summed E-state index contributed by atoms with van der Waals surface area (Å²) in [5.74, 6) is 2.55. The first-order valence-corrected chi connectivity index (χ1v) is 8.86. The van der Waals surface area contributed by atoms with Crippen LogP contribution >= 0.6 is 24.0 Å². The maximum atomic E-state index is 5.41. The maximum absolute atomic E-state index is 5.41. The van der Waals surface area contributed by atoms with Gasteiger partial charge in [0, 0.05) is 20.1 Å². The highest BCUT2D eigenvalue weighted by Gasteiger charge is 2.13. The van der Waals surface area contributed by atoms with E-state index in [0.29, 0.717) is 6.79 Å². The predicted octanol–water partition coefficient (Wildman–Crippen LogP) is 3.63. The van der Waals surface area contributed by atoms with Crippen molar-refractivity contribution in [3.05, 3.63) is 35.4 Å². The molecule has 2 N–H and O–H groups in total. The fourth-order valence-electron chi connectivity index (χ4n) is 3.12. The molecule has 0 saturated carbocycles. The number of fused-ring (bicyclic) bond motifs is 1. The maximum Gasteiger partial charge on any atom is 0.231 e. The zero-order valence-corrected chi connectivity index (χ0v) is 17.2. The highest BCUT2D eigenvalue weighted by molar-refractivity contribution is 14.0. The third-order valence-corrected chi connectivity index (χ3v) is 4.49. The third-order valence-electron chi connectivity index (χ3n) is 4.49. The Hall–Kier alpha value is -1.44. The van der Waals surface area contributed by atoms with Crippen molar-refractivity contribution in [2.75, 3.05) is 26.9 Å². The predicted molar refractivity (Wildman–Crippen MR) is 112 cm³/mol. The van der Waals surface area contributed by atoms with Gasteiger partial charge in [0.25, 0.3) is 0 Å².